The molecule has 2 heterocycles. The maximum absolute atomic E-state index is 8.69. The number of nitrogens with zero attached hydrogens (tertiary/aromatic N) is 4. The van der Waals surface area contributed by atoms with Crippen LogP contribution in [0.4, 0.5) is 5.95 Å². The second kappa shape index (κ2) is 5.13. The first-order chi connectivity index (χ1) is 8.19. The third-order valence-electron chi connectivity index (χ3n) is 3.25. The summed E-state index contributed by atoms with van der Waals surface area (Å²) in [6.45, 7) is 5.94. The van der Waals surface area contributed by atoms with E-state index in [1.54, 1.807) is 0 Å². The Morgan fingerprint density at radius 2 is 1.88 bits per heavy atom. The van der Waals surface area contributed by atoms with E-state index >= 15 is 0 Å². The summed E-state index contributed by atoms with van der Waals surface area (Å²) < 4.78 is 0. The minimum Gasteiger partial charge on any atom is -0.341 e. The molecule has 0 unspecified atom stereocenters. The Morgan fingerprint density at radius 1 is 1.29 bits per heavy atom. The molecule has 0 aliphatic carbocycles. The van der Waals surface area contributed by atoms with Crippen molar-refractivity contribution in [1.82, 2.24) is 9.97 Å². The van der Waals surface area contributed by atoms with E-state index in [0.717, 1.165) is 43.3 Å². The predicted molar refractivity (Wildman–Crippen MR) is 66.7 cm³/mol. The van der Waals surface area contributed by atoms with Crippen LogP contribution in [0.25, 0.3) is 0 Å². The van der Waals surface area contributed by atoms with Gasteiger partial charge >= 0.3 is 0 Å². The molecule has 1 aromatic heterocycles. The first-order valence-corrected chi connectivity index (χ1v) is 6.13. The Labute approximate surface area is 102 Å². The molecule has 1 saturated heterocycles. The van der Waals surface area contributed by atoms with Crippen molar-refractivity contribution in [3.05, 3.63) is 17.5 Å². The molecule has 0 saturated carbocycles. The van der Waals surface area contributed by atoms with Crippen LogP contribution in [-0.4, -0.2) is 23.1 Å². The van der Waals surface area contributed by atoms with Crippen LogP contribution < -0.4 is 4.90 Å². The monoisotopic (exact) mass is 230 g/mol. The summed E-state index contributed by atoms with van der Waals surface area (Å²) in [6, 6.07) is 4.25. The van der Waals surface area contributed by atoms with Crippen LogP contribution in [0, 0.1) is 31.1 Å². The van der Waals surface area contributed by atoms with E-state index in [1.807, 2.05) is 19.9 Å². The fraction of sp³-hybridized carbons (Fsp3) is 0.615. The van der Waals surface area contributed by atoms with E-state index in [1.165, 1.54) is 0 Å². The molecule has 1 aliphatic heterocycles. The first-order valence-electron chi connectivity index (χ1n) is 6.13. The van der Waals surface area contributed by atoms with Gasteiger partial charge in [0.25, 0.3) is 0 Å². The fourth-order valence-corrected chi connectivity index (χ4v) is 2.31. The van der Waals surface area contributed by atoms with Crippen LogP contribution in [0.2, 0.25) is 0 Å². The summed E-state index contributed by atoms with van der Waals surface area (Å²) in [5.41, 5.74) is 2.04. The molecule has 1 aliphatic rings. The molecule has 0 atom stereocenters. The highest BCUT2D eigenvalue weighted by atomic mass is 15.3. The summed E-state index contributed by atoms with van der Waals surface area (Å²) in [5, 5.41) is 8.69. The smallest absolute Gasteiger partial charge is 0.225 e. The fourth-order valence-electron chi connectivity index (χ4n) is 2.31. The molecular formula is C13H18N4. The molecule has 0 aromatic carbocycles. The van der Waals surface area contributed by atoms with Crippen molar-refractivity contribution in [2.45, 2.75) is 33.1 Å². The molecule has 0 N–H and O–H groups in total. The van der Waals surface area contributed by atoms with Crippen molar-refractivity contribution in [2.24, 2.45) is 5.92 Å². The summed E-state index contributed by atoms with van der Waals surface area (Å²) in [6.07, 6.45) is 2.83. The molecule has 1 aromatic rings. The van der Waals surface area contributed by atoms with Gasteiger partial charge in [-0.05, 0) is 38.7 Å². The molecule has 0 amide bonds. The Balaban J connectivity index is 2.03. The highest BCUT2D eigenvalue weighted by Gasteiger charge is 2.20. The number of hydrogen-bond acceptors (Lipinski definition) is 4. The van der Waals surface area contributed by atoms with Gasteiger partial charge in [-0.25, -0.2) is 9.97 Å². The van der Waals surface area contributed by atoms with Gasteiger partial charge in [0.2, 0.25) is 5.95 Å². The molecule has 0 bridgehead atoms. The molecule has 0 spiro atoms. The Bertz CT molecular complexity index is 407. The van der Waals surface area contributed by atoms with Crippen LogP contribution in [0.1, 0.15) is 30.7 Å². The van der Waals surface area contributed by atoms with Crippen molar-refractivity contribution in [3.63, 3.8) is 0 Å². The number of piperidine rings is 1. The van der Waals surface area contributed by atoms with Crippen LogP contribution >= 0.6 is 0 Å². The van der Waals surface area contributed by atoms with Crippen molar-refractivity contribution in [2.75, 3.05) is 18.0 Å². The molecule has 2 rings (SSSR count). The third kappa shape index (κ3) is 2.94. The van der Waals surface area contributed by atoms with E-state index in [9.17, 15) is 0 Å². The van der Waals surface area contributed by atoms with Crippen LogP contribution in [0.3, 0.4) is 0 Å². The number of aryl methyl sites for hydroxylation is 2. The minimum atomic E-state index is 0.558. The lowest BCUT2D eigenvalue weighted by atomic mass is 9.94. The van der Waals surface area contributed by atoms with Gasteiger partial charge in [-0.2, -0.15) is 5.26 Å². The summed E-state index contributed by atoms with van der Waals surface area (Å²) in [7, 11) is 0. The normalized spacial score (nSPS) is 16.9. The van der Waals surface area contributed by atoms with Crippen molar-refractivity contribution >= 4 is 5.95 Å². The highest BCUT2D eigenvalue weighted by Crippen LogP contribution is 2.22. The zero-order valence-electron chi connectivity index (χ0n) is 10.5. The third-order valence-corrected chi connectivity index (χ3v) is 3.25. The van der Waals surface area contributed by atoms with Gasteiger partial charge in [0.15, 0.2) is 0 Å². The Kier molecular flexibility index (Phi) is 3.58. The number of nitriles is 1. The minimum absolute atomic E-state index is 0.558. The number of rotatable bonds is 2. The van der Waals surface area contributed by atoms with Gasteiger partial charge in [-0.15, -0.1) is 0 Å². The molecule has 17 heavy (non-hydrogen) atoms. The van der Waals surface area contributed by atoms with Crippen LogP contribution in [0.5, 0.6) is 0 Å². The summed E-state index contributed by atoms with van der Waals surface area (Å²) in [5.74, 6) is 1.40. The zero-order chi connectivity index (χ0) is 12.3. The zero-order valence-corrected chi connectivity index (χ0v) is 10.5. The SMILES string of the molecule is Cc1cc(C)nc(N2CCC(CC#N)CC2)n1. The maximum Gasteiger partial charge on any atom is 0.225 e. The van der Waals surface area contributed by atoms with E-state index in [0.29, 0.717) is 12.3 Å². The molecule has 4 nitrogen and oxygen atoms in total. The average Bonchev–Trinajstić information content (AvgIpc) is 2.29. The highest BCUT2D eigenvalue weighted by molar-refractivity contribution is 5.32. The molecule has 0 radical (unpaired) electrons. The van der Waals surface area contributed by atoms with Crippen molar-refractivity contribution < 1.29 is 0 Å². The van der Waals surface area contributed by atoms with Gasteiger partial charge in [0.05, 0.1) is 6.07 Å². The largest absolute Gasteiger partial charge is 0.341 e. The van der Waals surface area contributed by atoms with Gasteiger partial charge in [0.1, 0.15) is 0 Å². The molecule has 1 fully saturated rings. The van der Waals surface area contributed by atoms with Crippen LogP contribution in [0.15, 0.2) is 6.07 Å². The molecular weight excluding hydrogens is 212 g/mol. The van der Waals surface area contributed by atoms with E-state index < -0.39 is 0 Å². The number of anilines is 1. The lowest BCUT2D eigenvalue weighted by molar-refractivity contribution is 0.409. The average molecular weight is 230 g/mol. The summed E-state index contributed by atoms with van der Waals surface area (Å²) in [4.78, 5) is 11.2. The van der Waals surface area contributed by atoms with E-state index in [2.05, 4.69) is 20.9 Å². The van der Waals surface area contributed by atoms with E-state index in [-0.39, 0.29) is 0 Å². The second-order valence-corrected chi connectivity index (χ2v) is 4.74. The quantitative estimate of drug-likeness (QED) is 0.781. The van der Waals surface area contributed by atoms with Gasteiger partial charge in [0, 0.05) is 30.9 Å². The van der Waals surface area contributed by atoms with Crippen molar-refractivity contribution in [1.29, 1.82) is 5.26 Å². The van der Waals surface area contributed by atoms with Gasteiger partial charge < -0.3 is 4.90 Å². The van der Waals surface area contributed by atoms with Crippen molar-refractivity contribution in [3.8, 4) is 6.07 Å². The molecule has 90 valence electrons. The topological polar surface area (TPSA) is 52.8 Å². The van der Waals surface area contributed by atoms with Crippen LogP contribution in [-0.2, 0) is 0 Å². The summed E-state index contributed by atoms with van der Waals surface area (Å²) >= 11 is 0. The Hall–Kier alpha value is -1.63. The van der Waals surface area contributed by atoms with Gasteiger partial charge in [-0.3, -0.25) is 0 Å². The van der Waals surface area contributed by atoms with E-state index in [4.69, 9.17) is 5.26 Å². The molecule has 4 heteroatoms. The lowest BCUT2D eigenvalue weighted by Gasteiger charge is -2.31. The number of hydrogen-bond donors (Lipinski definition) is 0. The van der Waals surface area contributed by atoms with Gasteiger partial charge in [-0.1, -0.05) is 0 Å². The maximum atomic E-state index is 8.69. The second-order valence-electron chi connectivity index (χ2n) is 4.74. The number of aromatic nitrogens is 2. The first kappa shape index (κ1) is 11.8. The Morgan fingerprint density at radius 3 is 2.41 bits per heavy atom. The standard InChI is InChI=1S/C13H18N4/c1-10-9-11(2)16-13(15-10)17-7-4-12(3-6-14)5-8-17/h9,12H,3-5,7-8H2,1-2H3. The lowest BCUT2D eigenvalue weighted by Crippen LogP contribution is -2.35. The predicted octanol–water partition coefficient (Wildman–Crippen LogP) is 2.22.